The molecule has 0 aliphatic heterocycles. The van der Waals surface area contributed by atoms with Gasteiger partial charge in [-0.05, 0) is 0 Å². The molecule has 0 aliphatic carbocycles. The molecule has 4 nitrogen and oxygen atoms in total. The lowest BCUT2D eigenvalue weighted by Gasteiger charge is -1.90. The highest BCUT2D eigenvalue weighted by atomic mass is 127. The second kappa shape index (κ2) is 3.86. The summed E-state index contributed by atoms with van der Waals surface area (Å²) in [6, 6.07) is 0. The predicted octanol–water partition coefficient (Wildman–Crippen LogP) is 1.69. The third kappa shape index (κ3) is 2.03. The molecular formula is C5H5IN2O2S. The first-order chi connectivity index (χ1) is 5.27. The minimum absolute atomic E-state index is 0.344. The molecule has 0 aliphatic rings. The number of nitrogens with one attached hydrogen (secondary N) is 1. The van der Waals surface area contributed by atoms with Gasteiger partial charge in [0, 0.05) is 5.38 Å². The Bertz CT molecular complexity index is 263. The molecule has 0 saturated carbocycles. The van der Waals surface area contributed by atoms with E-state index in [9.17, 15) is 4.79 Å². The lowest BCUT2D eigenvalue weighted by atomic mass is 10.5. The molecule has 0 amide bonds. The molecular weight excluding hydrogens is 279 g/mol. The summed E-state index contributed by atoms with van der Waals surface area (Å²) in [5.74, 6) is -0.404. The van der Waals surface area contributed by atoms with E-state index in [1.807, 2.05) is 22.9 Å². The van der Waals surface area contributed by atoms with E-state index in [1.54, 1.807) is 5.38 Å². The molecule has 0 spiro atoms. The maximum absolute atomic E-state index is 10.8. The largest absolute Gasteiger partial charge is 0.464 e. The van der Waals surface area contributed by atoms with Crippen LogP contribution in [0.1, 0.15) is 10.5 Å². The van der Waals surface area contributed by atoms with Crippen molar-refractivity contribution in [2.75, 3.05) is 10.6 Å². The van der Waals surface area contributed by atoms with Crippen molar-refractivity contribution in [2.24, 2.45) is 0 Å². The zero-order valence-electron chi connectivity index (χ0n) is 5.63. The quantitative estimate of drug-likeness (QED) is 0.510. The summed E-state index contributed by atoms with van der Waals surface area (Å²) >= 11 is 3.31. The van der Waals surface area contributed by atoms with Gasteiger partial charge in [0.2, 0.25) is 0 Å². The van der Waals surface area contributed by atoms with Crippen LogP contribution < -0.4 is 3.53 Å². The van der Waals surface area contributed by atoms with Gasteiger partial charge in [-0.15, -0.1) is 11.3 Å². The zero-order chi connectivity index (χ0) is 8.27. The molecule has 1 heterocycles. The lowest BCUT2D eigenvalue weighted by Crippen LogP contribution is -2.00. The number of carbonyl (C=O) groups is 1. The molecule has 0 saturated heterocycles. The highest BCUT2D eigenvalue weighted by Gasteiger charge is 2.09. The van der Waals surface area contributed by atoms with Crippen molar-refractivity contribution < 1.29 is 9.53 Å². The van der Waals surface area contributed by atoms with Gasteiger partial charge in [0.05, 0.1) is 30.0 Å². The minimum Gasteiger partial charge on any atom is -0.464 e. The van der Waals surface area contributed by atoms with Crippen LogP contribution in [0.5, 0.6) is 0 Å². The summed E-state index contributed by atoms with van der Waals surface area (Å²) in [6.07, 6.45) is 0. The Morgan fingerprint density at radius 1 is 1.91 bits per heavy atom. The summed E-state index contributed by atoms with van der Waals surface area (Å²) in [5, 5.41) is 2.35. The van der Waals surface area contributed by atoms with Crippen molar-refractivity contribution in [1.82, 2.24) is 4.98 Å². The van der Waals surface area contributed by atoms with Crippen LogP contribution in [0.15, 0.2) is 5.38 Å². The number of hydrogen-bond acceptors (Lipinski definition) is 5. The lowest BCUT2D eigenvalue weighted by molar-refractivity contribution is 0.0595. The summed E-state index contributed by atoms with van der Waals surface area (Å²) in [6.45, 7) is 0. The van der Waals surface area contributed by atoms with Crippen LogP contribution in [-0.4, -0.2) is 18.1 Å². The summed E-state index contributed by atoms with van der Waals surface area (Å²) in [7, 11) is 1.33. The van der Waals surface area contributed by atoms with Gasteiger partial charge in [0.1, 0.15) is 0 Å². The smallest absolute Gasteiger partial charge is 0.357 e. The van der Waals surface area contributed by atoms with Gasteiger partial charge in [-0.25, -0.2) is 9.78 Å². The van der Waals surface area contributed by atoms with E-state index in [0.717, 1.165) is 0 Å². The van der Waals surface area contributed by atoms with Crippen molar-refractivity contribution in [3.8, 4) is 0 Å². The third-order valence-electron chi connectivity index (χ3n) is 0.980. The number of nitrogens with zero attached hydrogens (tertiary/aromatic N) is 1. The van der Waals surface area contributed by atoms with E-state index in [-0.39, 0.29) is 0 Å². The Hall–Kier alpha value is -0.370. The second-order valence-electron chi connectivity index (χ2n) is 1.62. The summed E-state index contributed by atoms with van der Waals surface area (Å²) in [5.41, 5.74) is 0.344. The standard InChI is InChI=1S/C5H5IN2O2S/c1-10-4(9)3-2-11-5(7-3)8-6/h2H,1H3,(H,7,8). The van der Waals surface area contributed by atoms with Crippen LogP contribution in [0.3, 0.4) is 0 Å². The molecule has 1 aromatic heterocycles. The fourth-order valence-electron chi connectivity index (χ4n) is 0.515. The second-order valence-corrected chi connectivity index (χ2v) is 3.02. The number of carbonyl (C=O) groups excluding carboxylic acids is 1. The Balaban J connectivity index is 2.80. The van der Waals surface area contributed by atoms with Crippen molar-refractivity contribution in [3.63, 3.8) is 0 Å². The number of anilines is 1. The molecule has 60 valence electrons. The van der Waals surface area contributed by atoms with Gasteiger partial charge in [-0.1, -0.05) is 0 Å². The Labute approximate surface area is 81.5 Å². The van der Waals surface area contributed by atoms with Crippen molar-refractivity contribution in [1.29, 1.82) is 0 Å². The number of aromatic nitrogens is 1. The molecule has 0 aromatic carbocycles. The van der Waals surface area contributed by atoms with Crippen molar-refractivity contribution >= 4 is 45.3 Å². The Morgan fingerprint density at radius 3 is 3.09 bits per heavy atom. The summed E-state index contributed by atoms with van der Waals surface area (Å²) < 4.78 is 7.27. The average Bonchev–Trinajstić information content (AvgIpc) is 2.50. The van der Waals surface area contributed by atoms with E-state index >= 15 is 0 Å². The molecule has 0 fully saturated rings. The maximum Gasteiger partial charge on any atom is 0.357 e. The fraction of sp³-hybridized carbons (Fsp3) is 0.200. The molecule has 0 atom stereocenters. The van der Waals surface area contributed by atoms with Gasteiger partial charge in [-0.2, -0.15) is 0 Å². The first-order valence-corrected chi connectivity index (χ1v) is 4.64. The molecule has 0 radical (unpaired) electrons. The first-order valence-electron chi connectivity index (χ1n) is 2.68. The van der Waals surface area contributed by atoms with Gasteiger partial charge >= 0.3 is 5.97 Å². The van der Waals surface area contributed by atoms with Crippen molar-refractivity contribution in [3.05, 3.63) is 11.1 Å². The molecule has 0 bridgehead atoms. The molecule has 6 heteroatoms. The van der Waals surface area contributed by atoms with E-state index in [4.69, 9.17) is 0 Å². The fourth-order valence-corrected chi connectivity index (χ4v) is 1.59. The van der Waals surface area contributed by atoms with Crippen LogP contribution in [0.2, 0.25) is 0 Å². The van der Waals surface area contributed by atoms with Gasteiger partial charge < -0.3 is 8.27 Å². The topological polar surface area (TPSA) is 51.2 Å². The molecule has 0 unspecified atom stereocenters. The zero-order valence-corrected chi connectivity index (χ0v) is 8.60. The molecule has 11 heavy (non-hydrogen) atoms. The van der Waals surface area contributed by atoms with Crippen LogP contribution in [0, 0.1) is 0 Å². The number of methoxy groups -OCH3 is 1. The molecule has 1 rings (SSSR count). The van der Waals surface area contributed by atoms with E-state index in [2.05, 4.69) is 13.3 Å². The number of hydrogen-bond donors (Lipinski definition) is 1. The van der Waals surface area contributed by atoms with Crippen molar-refractivity contribution in [2.45, 2.75) is 0 Å². The van der Waals surface area contributed by atoms with Gasteiger partial charge in [0.25, 0.3) is 0 Å². The number of halogens is 1. The van der Waals surface area contributed by atoms with Gasteiger partial charge in [-0.3, -0.25) is 0 Å². The maximum atomic E-state index is 10.8. The summed E-state index contributed by atoms with van der Waals surface area (Å²) in [4.78, 5) is 14.8. The average molecular weight is 284 g/mol. The van der Waals surface area contributed by atoms with Crippen LogP contribution in [-0.2, 0) is 4.74 Å². The monoisotopic (exact) mass is 284 g/mol. The third-order valence-corrected chi connectivity index (χ3v) is 2.61. The number of esters is 1. The number of ether oxygens (including phenoxy) is 1. The van der Waals surface area contributed by atoms with Gasteiger partial charge in [0.15, 0.2) is 10.8 Å². The van der Waals surface area contributed by atoms with Crippen LogP contribution in [0.4, 0.5) is 5.13 Å². The van der Waals surface area contributed by atoms with E-state index in [0.29, 0.717) is 10.8 Å². The highest BCUT2D eigenvalue weighted by molar-refractivity contribution is 14.1. The van der Waals surface area contributed by atoms with Crippen LogP contribution in [0.25, 0.3) is 0 Å². The first kappa shape index (κ1) is 8.72. The number of rotatable bonds is 2. The molecule has 1 N–H and O–H groups in total. The number of thiazole rings is 1. The Morgan fingerprint density at radius 2 is 2.64 bits per heavy atom. The minimum atomic E-state index is -0.404. The SMILES string of the molecule is COC(=O)c1csc(NI)n1. The van der Waals surface area contributed by atoms with E-state index in [1.165, 1.54) is 18.4 Å². The molecule has 1 aromatic rings. The normalized spacial score (nSPS) is 9.27. The highest BCUT2D eigenvalue weighted by Crippen LogP contribution is 2.16. The predicted molar refractivity (Wildman–Crippen MR) is 51.1 cm³/mol. The Kier molecular flexibility index (Phi) is 3.06. The van der Waals surface area contributed by atoms with E-state index < -0.39 is 5.97 Å². The van der Waals surface area contributed by atoms with Crippen LogP contribution >= 0.6 is 34.2 Å².